The van der Waals surface area contributed by atoms with E-state index in [1.54, 1.807) is 14.2 Å². The number of rotatable bonds is 6. The van der Waals surface area contributed by atoms with Crippen molar-refractivity contribution in [2.45, 2.75) is 43.7 Å². The summed E-state index contributed by atoms with van der Waals surface area (Å²) < 4.78 is 53.4. The molecule has 1 amide bonds. The Hall–Kier alpha value is -2.48. The van der Waals surface area contributed by atoms with Crippen molar-refractivity contribution >= 4 is 28.8 Å². The lowest BCUT2D eigenvalue weighted by atomic mass is 9.84. The molecule has 11 heteroatoms. The molecule has 1 unspecified atom stereocenters. The molecule has 0 saturated carbocycles. The normalized spacial score (nSPS) is 26.7. The number of benzene rings is 2. The summed E-state index contributed by atoms with van der Waals surface area (Å²) in [4.78, 5) is 20.2. The lowest BCUT2D eigenvalue weighted by Crippen LogP contribution is -2.60. The number of aliphatic hydroxyl groups excluding tert-OH is 1. The van der Waals surface area contributed by atoms with Crippen molar-refractivity contribution in [2.75, 3.05) is 26.3 Å². The molecule has 6 rings (SSSR count). The second-order valence-corrected chi connectivity index (χ2v) is 12.0. The van der Waals surface area contributed by atoms with Gasteiger partial charge in [-0.15, -0.1) is 0 Å². The van der Waals surface area contributed by atoms with Crippen molar-refractivity contribution in [3.63, 3.8) is 0 Å². The van der Waals surface area contributed by atoms with Gasteiger partial charge in [-0.1, -0.05) is 30.3 Å². The Morgan fingerprint density at radius 3 is 2.60 bits per heavy atom. The number of likely N-dealkylation sites (tertiary alicyclic amines) is 1. The summed E-state index contributed by atoms with van der Waals surface area (Å²) in [5.41, 5.74) is 1.22. The number of halogens is 4. The third-order valence-electron chi connectivity index (χ3n) is 8.36. The van der Waals surface area contributed by atoms with Gasteiger partial charge in [0.2, 0.25) is 0 Å². The average molecular weight is 666 g/mol. The molecule has 4 heterocycles. The minimum absolute atomic E-state index is 0.0176. The number of carbonyl (C=O) groups is 1. The summed E-state index contributed by atoms with van der Waals surface area (Å²) in [6.45, 7) is 1.64. The molecule has 3 aromatic rings. The Labute approximate surface area is 244 Å². The van der Waals surface area contributed by atoms with E-state index in [1.807, 2.05) is 57.8 Å². The van der Waals surface area contributed by atoms with E-state index >= 15 is 4.39 Å². The van der Waals surface area contributed by atoms with Crippen LogP contribution < -0.4 is 0 Å². The number of nitrogens with zero attached hydrogens (tertiary/aromatic N) is 4. The predicted octanol–water partition coefficient (Wildman–Crippen LogP) is 4.54. The highest BCUT2D eigenvalue weighted by molar-refractivity contribution is 14.1. The minimum atomic E-state index is -1.38. The fraction of sp³-hybridized carbons (Fsp3) is 0.448. The van der Waals surface area contributed by atoms with Crippen LogP contribution in [0.25, 0.3) is 11.3 Å². The fourth-order valence-corrected chi connectivity index (χ4v) is 7.47. The maximum Gasteiger partial charge on any atom is 0.253 e. The van der Waals surface area contributed by atoms with E-state index in [9.17, 15) is 18.7 Å². The van der Waals surface area contributed by atoms with E-state index < -0.39 is 47.8 Å². The van der Waals surface area contributed by atoms with E-state index in [4.69, 9.17) is 9.72 Å². The molecule has 1 N–H and O–H groups in total. The van der Waals surface area contributed by atoms with E-state index in [-0.39, 0.29) is 30.3 Å². The Morgan fingerprint density at radius 1 is 1.10 bits per heavy atom. The first kappa shape index (κ1) is 27.7. The number of piperidine rings is 1. The molecule has 0 radical (unpaired) electrons. The van der Waals surface area contributed by atoms with E-state index in [0.29, 0.717) is 38.4 Å². The van der Waals surface area contributed by atoms with Gasteiger partial charge in [0.05, 0.1) is 17.8 Å². The number of amides is 1. The van der Waals surface area contributed by atoms with Crippen LogP contribution >= 0.6 is 22.9 Å². The topological polar surface area (TPSA) is 70.8 Å². The summed E-state index contributed by atoms with van der Waals surface area (Å²) in [7, 11) is 0. The van der Waals surface area contributed by atoms with Gasteiger partial charge in [0.25, 0.3) is 5.91 Å². The maximum atomic E-state index is 15.2. The van der Waals surface area contributed by atoms with Gasteiger partial charge in [0.1, 0.15) is 29.7 Å². The number of ether oxygens (including phenoxy) is 1. The van der Waals surface area contributed by atoms with Gasteiger partial charge in [-0.25, -0.2) is 21.3 Å². The molecule has 0 bridgehead atoms. The van der Waals surface area contributed by atoms with Gasteiger partial charge >= 0.3 is 0 Å². The van der Waals surface area contributed by atoms with Crippen LogP contribution in [-0.2, 0) is 16.1 Å². The van der Waals surface area contributed by atoms with Crippen molar-refractivity contribution < 1.29 is 27.8 Å². The van der Waals surface area contributed by atoms with Crippen LogP contribution in [0.3, 0.4) is 0 Å². The molecule has 1 aromatic heterocycles. The molecule has 0 aliphatic carbocycles. The van der Waals surface area contributed by atoms with Crippen molar-refractivity contribution in [3.05, 3.63) is 77.8 Å². The maximum absolute atomic E-state index is 15.2. The second kappa shape index (κ2) is 11.4. The molecule has 3 aliphatic heterocycles. The molecule has 212 valence electrons. The van der Waals surface area contributed by atoms with Crippen LogP contribution in [-0.4, -0.2) is 73.2 Å². The number of hydrogen-bond acceptors (Lipinski definition) is 5. The molecule has 2 aromatic carbocycles. The third-order valence-corrected chi connectivity index (χ3v) is 9.40. The van der Waals surface area contributed by atoms with Gasteiger partial charge in [0, 0.05) is 73.4 Å². The molecule has 3 saturated heterocycles. The van der Waals surface area contributed by atoms with Crippen LogP contribution in [0, 0.1) is 23.5 Å². The van der Waals surface area contributed by atoms with Crippen molar-refractivity contribution in [1.82, 2.24) is 17.6 Å². The van der Waals surface area contributed by atoms with Gasteiger partial charge < -0.3 is 19.3 Å². The summed E-state index contributed by atoms with van der Waals surface area (Å²) in [6, 6.07) is 11.7. The zero-order valence-corrected chi connectivity index (χ0v) is 23.8. The van der Waals surface area contributed by atoms with Crippen LogP contribution in [0.1, 0.15) is 30.3 Å². The standard InChI is InChI=1S/C29H30F3IN4O3/c30-19-6-7-22(31)20(12-19)24-16-35(13-17-4-2-1-3-5-17)28(34-24)25(18-8-10-40-11-9-18)36-14-21-23(32)15-37(33)26(21)27(38)29(36)39/h1-7,12,16,18,21,23,25-27,38H,8-11,13-15H2/t21-,23-,25+,26?,27-/m0/s1. The molecule has 7 nitrogen and oxygen atoms in total. The lowest BCUT2D eigenvalue weighted by Gasteiger charge is -2.45. The Balaban J connectivity index is 1.47. The Kier molecular flexibility index (Phi) is 7.90. The average Bonchev–Trinajstić information content (AvgIpc) is 3.49. The minimum Gasteiger partial charge on any atom is -0.382 e. The second-order valence-electron chi connectivity index (χ2n) is 10.8. The van der Waals surface area contributed by atoms with Crippen LogP contribution in [0.15, 0.2) is 54.7 Å². The Morgan fingerprint density at radius 2 is 1.85 bits per heavy atom. The third kappa shape index (κ3) is 5.17. The van der Waals surface area contributed by atoms with Crippen LogP contribution in [0.2, 0.25) is 0 Å². The number of alkyl halides is 1. The molecule has 3 aliphatic rings. The SMILES string of the molecule is O=C1[C@@H](O)C2[C@@H](CN1[C@@H](c1nc(-c3cc(F)ccc3F)cn1Cc1ccccc1)C1CCOCC1)[C@@H](F)CN2I. The van der Waals surface area contributed by atoms with Crippen LogP contribution in [0.4, 0.5) is 13.2 Å². The van der Waals surface area contributed by atoms with Crippen LogP contribution in [0.5, 0.6) is 0 Å². The summed E-state index contributed by atoms with van der Waals surface area (Å²) in [6.07, 6.45) is 0.385. The number of imidazole rings is 1. The fourth-order valence-electron chi connectivity index (χ4n) is 6.37. The van der Waals surface area contributed by atoms with Crippen molar-refractivity contribution in [3.8, 4) is 11.3 Å². The first-order chi connectivity index (χ1) is 19.3. The zero-order valence-electron chi connectivity index (χ0n) is 21.7. The van der Waals surface area contributed by atoms with E-state index in [0.717, 1.165) is 23.8 Å². The summed E-state index contributed by atoms with van der Waals surface area (Å²) in [5, 5.41) is 11.1. The first-order valence-corrected chi connectivity index (χ1v) is 14.5. The monoisotopic (exact) mass is 666 g/mol. The molecule has 3 fully saturated rings. The first-order valence-electron chi connectivity index (χ1n) is 13.5. The molecule has 5 atom stereocenters. The highest BCUT2D eigenvalue weighted by atomic mass is 127. The number of aliphatic hydroxyl groups is 1. The van der Waals surface area contributed by atoms with E-state index in [2.05, 4.69) is 0 Å². The zero-order chi connectivity index (χ0) is 28.0. The van der Waals surface area contributed by atoms with Crippen molar-refractivity contribution in [2.24, 2.45) is 11.8 Å². The highest BCUT2D eigenvalue weighted by Gasteiger charge is 2.54. The van der Waals surface area contributed by atoms with Crippen molar-refractivity contribution in [1.29, 1.82) is 0 Å². The van der Waals surface area contributed by atoms with Gasteiger partial charge in [-0.2, -0.15) is 0 Å². The summed E-state index contributed by atoms with van der Waals surface area (Å²) in [5.74, 6) is -1.81. The van der Waals surface area contributed by atoms with E-state index in [1.165, 1.54) is 0 Å². The summed E-state index contributed by atoms with van der Waals surface area (Å²) >= 11 is 1.98. The smallest absolute Gasteiger partial charge is 0.253 e. The quantitative estimate of drug-likeness (QED) is 0.310. The lowest BCUT2D eigenvalue weighted by molar-refractivity contribution is -0.156. The number of fused-ring (bicyclic) bond motifs is 1. The number of aromatic nitrogens is 2. The Bertz CT molecular complexity index is 1370. The van der Waals surface area contributed by atoms with Gasteiger partial charge in [0.15, 0.2) is 0 Å². The number of hydrogen-bond donors (Lipinski definition) is 1. The molecule has 0 spiro atoms. The number of carbonyl (C=O) groups excluding carboxylic acids is 1. The highest BCUT2D eigenvalue weighted by Crippen LogP contribution is 2.43. The van der Waals surface area contributed by atoms with Gasteiger partial charge in [-0.05, 0) is 42.5 Å². The molecule has 40 heavy (non-hydrogen) atoms. The molecular formula is C29H30F3IN4O3. The van der Waals surface area contributed by atoms with Gasteiger partial charge in [-0.3, -0.25) is 4.79 Å². The molecular weight excluding hydrogens is 636 g/mol. The predicted molar refractivity (Wildman–Crippen MR) is 150 cm³/mol. The largest absolute Gasteiger partial charge is 0.382 e.